The van der Waals surface area contributed by atoms with Crippen LogP contribution in [0, 0.1) is 11.8 Å². The van der Waals surface area contributed by atoms with Gasteiger partial charge in [0.1, 0.15) is 0 Å². The summed E-state index contributed by atoms with van der Waals surface area (Å²) in [7, 11) is 0. The van der Waals surface area contributed by atoms with Crippen molar-refractivity contribution in [2.45, 2.75) is 39.2 Å². The van der Waals surface area contributed by atoms with Crippen molar-refractivity contribution >= 4 is 0 Å². The molecule has 1 nitrogen and oxygen atoms in total. The molecule has 0 spiro atoms. The van der Waals surface area contributed by atoms with E-state index in [1.807, 2.05) is 0 Å². The second-order valence-electron chi connectivity index (χ2n) is 3.29. The Balaban J connectivity index is 2.44. The highest BCUT2D eigenvalue weighted by Crippen LogP contribution is 2.32. The van der Waals surface area contributed by atoms with Gasteiger partial charge in [-0.1, -0.05) is 20.3 Å². The van der Waals surface area contributed by atoms with Gasteiger partial charge >= 0.3 is 0 Å². The first-order valence-corrected chi connectivity index (χ1v) is 4.01. The van der Waals surface area contributed by atoms with Gasteiger partial charge in [0.25, 0.3) is 0 Å². The molecule has 0 saturated heterocycles. The topological polar surface area (TPSA) is 26.0 Å². The van der Waals surface area contributed by atoms with Gasteiger partial charge in [-0.3, -0.25) is 0 Å². The maximum atomic E-state index is 5.88. The highest BCUT2D eigenvalue weighted by Gasteiger charge is 2.28. The van der Waals surface area contributed by atoms with E-state index in [-0.39, 0.29) is 0 Å². The molecule has 2 N–H and O–H groups in total. The van der Waals surface area contributed by atoms with Gasteiger partial charge in [0.05, 0.1) is 0 Å². The molecule has 0 aliphatic heterocycles. The van der Waals surface area contributed by atoms with Crippen LogP contribution in [0.5, 0.6) is 0 Å². The predicted octanol–water partition coefficient (Wildman–Crippen LogP) is 1.77. The first-order chi connectivity index (χ1) is 4.25. The molecule has 1 aliphatic carbocycles. The third-order valence-corrected chi connectivity index (χ3v) is 2.71. The lowest BCUT2D eigenvalue weighted by molar-refractivity contribution is 0.375. The van der Waals surface area contributed by atoms with Crippen molar-refractivity contribution in [3.63, 3.8) is 0 Å². The minimum atomic E-state index is 0.505. The van der Waals surface area contributed by atoms with Crippen LogP contribution < -0.4 is 5.73 Å². The second kappa shape index (κ2) is 2.70. The number of hydrogen-bond donors (Lipinski definition) is 1. The fourth-order valence-electron chi connectivity index (χ4n) is 2.01. The highest BCUT2D eigenvalue weighted by atomic mass is 14.7. The molecule has 0 bridgehead atoms. The van der Waals surface area contributed by atoms with Crippen molar-refractivity contribution in [1.29, 1.82) is 0 Å². The molecule has 1 rings (SSSR count). The smallest absolute Gasteiger partial charge is 0.00697 e. The summed E-state index contributed by atoms with van der Waals surface area (Å²) in [6.07, 6.45) is 3.86. The molecule has 0 amide bonds. The van der Waals surface area contributed by atoms with Gasteiger partial charge in [0.15, 0.2) is 0 Å². The van der Waals surface area contributed by atoms with E-state index in [9.17, 15) is 0 Å². The van der Waals surface area contributed by atoms with Gasteiger partial charge in [-0.2, -0.15) is 0 Å². The van der Waals surface area contributed by atoms with Crippen LogP contribution in [0.2, 0.25) is 0 Å². The molecule has 0 heterocycles. The summed E-state index contributed by atoms with van der Waals surface area (Å²) in [4.78, 5) is 0. The molecule has 1 fully saturated rings. The standard InChI is InChI=1S/C8H17N/c1-3-7-6(2)4-5-8(7)9/h6-8H,3-5,9H2,1-2H3. The molecule has 0 radical (unpaired) electrons. The van der Waals surface area contributed by atoms with Crippen molar-refractivity contribution in [2.75, 3.05) is 0 Å². The van der Waals surface area contributed by atoms with E-state index in [1.54, 1.807) is 0 Å². The molecule has 0 aromatic rings. The summed E-state index contributed by atoms with van der Waals surface area (Å²) in [6.45, 7) is 4.56. The second-order valence-corrected chi connectivity index (χ2v) is 3.29. The maximum absolute atomic E-state index is 5.88. The Morgan fingerprint density at radius 2 is 2.11 bits per heavy atom. The Morgan fingerprint density at radius 1 is 1.44 bits per heavy atom. The molecule has 3 atom stereocenters. The van der Waals surface area contributed by atoms with Crippen molar-refractivity contribution in [1.82, 2.24) is 0 Å². The average Bonchev–Trinajstić information content (AvgIpc) is 2.12. The van der Waals surface area contributed by atoms with Gasteiger partial charge in [0.2, 0.25) is 0 Å². The molecule has 9 heavy (non-hydrogen) atoms. The third-order valence-electron chi connectivity index (χ3n) is 2.71. The van der Waals surface area contributed by atoms with Crippen LogP contribution in [0.25, 0.3) is 0 Å². The molecule has 1 saturated carbocycles. The van der Waals surface area contributed by atoms with E-state index < -0.39 is 0 Å². The normalized spacial score (nSPS) is 43.7. The number of rotatable bonds is 1. The lowest BCUT2D eigenvalue weighted by atomic mass is 9.93. The van der Waals surface area contributed by atoms with Crippen molar-refractivity contribution in [3.8, 4) is 0 Å². The van der Waals surface area contributed by atoms with E-state index in [0.717, 1.165) is 11.8 Å². The number of hydrogen-bond acceptors (Lipinski definition) is 1. The lowest BCUT2D eigenvalue weighted by Crippen LogP contribution is -2.26. The largest absolute Gasteiger partial charge is 0.327 e. The van der Waals surface area contributed by atoms with Gasteiger partial charge < -0.3 is 5.73 Å². The first kappa shape index (κ1) is 7.07. The van der Waals surface area contributed by atoms with E-state index in [4.69, 9.17) is 5.73 Å². The molecular weight excluding hydrogens is 110 g/mol. The van der Waals surface area contributed by atoms with E-state index in [0.29, 0.717) is 6.04 Å². The number of nitrogens with two attached hydrogens (primary N) is 1. The van der Waals surface area contributed by atoms with Gasteiger partial charge in [-0.05, 0) is 24.7 Å². The van der Waals surface area contributed by atoms with Crippen molar-refractivity contribution < 1.29 is 0 Å². The van der Waals surface area contributed by atoms with E-state index >= 15 is 0 Å². The average molecular weight is 127 g/mol. The minimum absolute atomic E-state index is 0.505. The minimum Gasteiger partial charge on any atom is -0.327 e. The monoisotopic (exact) mass is 127 g/mol. The SMILES string of the molecule is CCC1C(C)CCC1N. The molecule has 1 aliphatic rings. The fraction of sp³-hybridized carbons (Fsp3) is 1.00. The Labute approximate surface area is 57.6 Å². The van der Waals surface area contributed by atoms with Crippen LogP contribution in [0.15, 0.2) is 0 Å². The molecule has 1 heteroatoms. The van der Waals surface area contributed by atoms with Crippen LogP contribution in [0.3, 0.4) is 0 Å². The maximum Gasteiger partial charge on any atom is 0.00697 e. The zero-order chi connectivity index (χ0) is 6.85. The van der Waals surface area contributed by atoms with Crippen molar-refractivity contribution in [3.05, 3.63) is 0 Å². The molecule has 0 aromatic carbocycles. The van der Waals surface area contributed by atoms with Gasteiger partial charge in [-0.25, -0.2) is 0 Å². The van der Waals surface area contributed by atoms with Crippen molar-refractivity contribution in [2.24, 2.45) is 17.6 Å². The fourth-order valence-corrected chi connectivity index (χ4v) is 2.01. The van der Waals surface area contributed by atoms with E-state index in [1.165, 1.54) is 19.3 Å². The summed E-state index contributed by atoms with van der Waals surface area (Å²) in [6, 6.07) is 0.505. The molecular formula is C8H17N. The van der Waals surface area contributed by atoms with Crippen LogP contribution >= 0.6 is 0 Å². The quantitative estimate of drug-likeness (QED) is 0.570. The van der Waals surface area contributed by atoms with Gasteiger partial charge in [0, 0.05) is 6.04 Å². The van der Waals surface area contributed by atoms with Crippen LogP contribution in [-0.2, 0) is 0 Å². The lowest BCUT2D eigenvalue weighted by Gasteiger charge is -2.16. The molecule has 54 valence electrons. The summed E-state index contributed by atoms with van der Waals surface area (Å²) >= 11 is 0. The zero-order valence-corrected chi connectivity index (χ0v) is 6.43. The van der Waals surface area contributed by atoms with Crippen LogP contribution in [0.1, 0.15) is 33.1 Å². The third kappa shape index (κ3) is 1.26. The molecule has 0 aromatic heterocycles. The predicted molar refractivity (Wildman–Crippen MR) is 40.2 cm³/mol. The Kier molecular flexibility index (Phi) is 2.12. The van der Waals surface area contributed by atoms with Crippen LogP contribution in [0.4, 0.5) is 0 Å². The first-order valence-electron chi connectivity index (χ1n) is 4.01. The highest BCUT2D eigenvalue weighted by molar-refractivity contribution is 4.83. The molecule has 3 unspecified atom stereocenters. The summed E-state index contributed by atoms with van der Waals surface area (Å²) in [5.74, 6) is 1.69. The Bertz CT molecular complexity index is 80.6. The van der Waals surface area contributed by atoms with Crippen LogP contribution in [-0.4, -0.2) is 6.04 Å². The Hall–Kier alpha value is -0.0400. The zero-order valence-electron chi connectivity index (χ0n) is 6.43. The Morgan fingerprint density at radius 3 is 2.33 bits per heavy atom. The summed E-state index contributed by atoms with van der Waals surface area (Å²) in [5, 5.41) is 0. The summed E-state index contributed by atoms with van der Waals surface area (Å²) < 4.78 is 0. The van der Waals surface area contributed by atoms with E-state index in [2.05, 4.69) is 13.8 Å². The van der Waals surface area contributed by atoms with Gasteiger partial charge in [-0.15, -0.1) is 0 Å². The summed E-state index contributed by atoms with van der Waals surface area (Å²) in [5.41, 5.74) is 5.88.